The number of benzene rings is 2. The summed E-state index contributed by atoms with van der Waals surface area (Å²) in [6.07, 6.45) is 0. The van der Waals surface area contributed by atoms with Gasteiger partial charge in [-0.05, 0) is 0 Å². The van der Waals surface area contributed by atoms with Gasteiger partial charge in [-0.25, -0.2) is 0 Å². The molecule has 0 saturated heterocycles. The molecule has 3 aromatic rings. The summed E-state index contributed by atoms with van der Waals surface area (Å²) in [4.78, 5) is 2.28. The third kappa shape index (κ3) is 2.28. The average molecular weight is 296 g/mol. The third-order valence-electron chi connectivity index (χ3n) is 2.89. The molecule has 0 radical (unpaired) electrons. The zero-order valence-corrected chi connectivity index (χ0v) is 11.6. The van der Waals surface area contributed by atoms with E-state index in [9.17, 15) is 0 Å². The van der Waals surface area contributed by atoms with E-state index < -0.39 is 0 Å². The van der Waals surface area contributed by atoms with Crippen LogP contribution in [0.1, 0.15) is 0 Å². The summed E-state index contributed by atoms with van der Waals surface area (Å²) in [7, 11) is 0. The predicted molar refractivity (Wildman–Crippen MR) is 78.7 cm³/mol. The minimum atomic E-state index is 0.418. The van der Waals surface area contributed by atoms with Crippen LogP contribution in [0.25, 0.3) is 21.1 Å². The van der Waals surface area contributed by atoms with E-state index in [1.807, 2.05) is 0 Å². The van der Waals surface area contributed by atoms with Gasteiger partial charge >= 0.3 is 113 Å². The predicted octanol–water partition coefficient (Wildman–Crippen LogP) is 4.36. The Kier molecular flexibility index (Phi) is 3.36. The Bertz CT molecular complexity index is 572. The van der Waals surface area contributed by atoms with Crippen LogP contribution < -0.4 is 0 Å². The summed E-state index contributed by atoms with van der Waals surface area (Å²) in [5.41, 5.74) is 4.02. The van der Waals surface area contributed by atoms with E-state index in [-0.39, 0.29) is 0 Å². The Morgan fingerprint density at radius 3 is 1.83 bits per heavy atom. The fourth-order valence-corrected chi connectivity index (χ4v) is 3.88. The Morgan fingerprint density at radius 2 is 1.17 bits per heavy atom. The number of rotatable bonds is 2. The van der Waals surface area contributed by atoms with Crippen molar-refractivity contribution >= 4 is 14.5 Å². The standard InChI is InChI=1S/C17H13Se/c1-3-8-14(9-4-1)16-12-7-13-18-17(16)15-10-5-2-6-11-15/h1-13H/q+1. The second kappa shape index (κ2) is 5.30. The molecule has 0 spiro atoms. The fraction of sp³-hybridized carbons (Fsp3) is 0. The van der Waals surface area contributed by atoms with Crippen LogP contribution in [0.5, 0.6) is 0 Å². The molecule has 86 valence electrons. The molecule has 3 rings (SSSR count). The minimum absolute atomic E-state index is 0.418. The average Bonchev–Trinajstić information content (AvgIpc) is 2.49. The molecule has 1 heteroatoms. The van der Waals surface area contributed by atoms with Crippen molar-refractivity contribution in [1.29, 1.82) is 0 Å². The monoisotopic (exact) mass is 297 g/mol. The molecule has 0 bridgehead atoms. The molecule has 0 fully saturated rings. The Balaban J connectivity index is 2.18. The van der Waals surface area contributed by atoms with Crippen LogP contribution in [0.4, 0.5) is 0 Å². The molecule has 0 aliphatic carbocycles. The topological polar surface area (TPSA) is 0 Å². The Morgan fingerprint density at radius 1 is 0.556 bits per heavy atom. The van der Waals surface area contributed by atoms with Crippen molar-refractivity contribution < 1.29 is 0 Å². The van der Waals surface area contributed by atoms with Crippen LogP contribution >= 0.6 is 0 Å². The first-order valence-electron chi connectivity index (χ1n) is 5.97. The van der Waals surface area contributed by atoms with E-state index in [1.165, 1.54) is 21.1 Å². The third-order valence-corrected chi connectivity index (χ3v) is 4.96. The van der Waals surface area contributed by atoms with Crippen LogP contribution in [0.2, 0.25) is 0 Å². The van der Waals surface area contributed by atoms with Crippen LogP contribution in [0.15, 0.2) is 77.7 Å². The first kappa shape index (κ1) is 11.4. The molecule has 0 unspecified atom stereocenters. The molecule has 0 saturated carbocycles. The maximum absolute atomic E-state index is 2.28. The van der Waals surface area contributed by atoms with Crippen molar-refractivity contribution in [3.8, 4) is 21.1 Å². The molecule has 0 amide bonds. The first-order chi connectivity index (χ1) is 8.95. The normalized spacial score (nSPS) is 10.2. The fourth-order valence-electron chi connectivity index (χ4n) is 2.04. The van der Waals surface area contributed by atoms with Gasteiger partial charge in [-0.2, -0.15) is 0 Å². The Labute approximate surface area is 113 Å². The van der Waals surface area contributed by atoms with Crippen LogP contribution in [-0.4, -0.2) is 14.5 Å². The van der Waals surface area contributed by atoms with Crippen molar-refractivity contribution in [3.63, 3.8) is 0 Å². The summed E-state index contributed by atoms with van der Waals surface area (Å²) in [5, 5.41) is 0. The molecule has 1 heterocycles. The molecule has 2 aromatic carbocycles. The van der Waals surface area contributed by atoms with E-state index in [4.69, 9.17) is 0 Å². The molecule has 0 aliphatic rings. The molecule has 0 nitrogen and oxygen atoms in total. The first-order valence-corrected chi connectivity index (χ1v) is 7.81. The van der Waals surface area contributed by atoms with Gasteiger partial charge in [-0.15, -0.1) is 0 Å². The van der Waals surface area contributed by atoms with E-state index in [0.29, 0.717) is 14.5 Å². The molecule has 18 heavy (non-hydrogen) atoms. The zero-order valence-electron chi connectivity index (χ0n) is 9.91. The second-order valence-electron chi connectivity index (χ2n) is 4.09. The summed E-state index contributed by atoms with van der Waals surface area (Å²) in [6.45, 7) is 0. The van der Waals surface area contributed by atoms with Gasteiger partial charge in [0.1, 0.15) is 0 Å². The van der Waals surface area contributed by atoms with Gasteiger partial charge in [-0.1, -0.05) is 0 Å². The van der Waals surface area contributed by atoms with Gasteiger partial charge in [0.2, 0.25) is 0 Å². The summed E-state index contributed by atoms with van der Waals surface area (Å²) in [6, 6.07) is 25.7. The van der Waals surface area contributed by atoms with Crippen molar-refractivity contribution in [2.45, 2.75) is 0 Å². The van der Waals surface area contributed by atoms with Gasteiger partial charge in [0.15, 0.2) is 0 Å². The number of hydrogen-bond donors (Lipinski definition) is 0. The van der Waals surface area contributed by atoms with Crippen molar-refractivity contribution in [1.82, 2.24) is 0 Å². The summed E-state index contributed by atoms with van der Waals surface area (Å²) >= 11 is 0.418. The second-order valence-corrected chi connectivity index (χ2v) is 6.01. The van der Waals surface area contributed by atoms with E-state index in [2.05, 4.69) is 77.7 Å². The van der Waals surface area contributed by atoms with Crippen molar-refractivity contribution in [2.75, 3.05) is 0 Å². The van der Waals surface area contributed by atoms with Gasteiger partial charge in [0.05, 0.1) is 0 Å². The molecular formula is C17H13Se+. The molecular weight excluding hydrogens is 283 g/mol. The summed E-state index contributed by atoms with van der Waals surface area (Å²) < 4.78 is 1.47. The van der Waals surface area contributed by atoms with E-state index in [1.54, 1.807) is 0 Å². The molecule has 0 atom stereocenters. The zero-order chi connectivity index (χ0) is 12.2. The van der Waals surface area contributed by atoms with Crippen LogP contribution in [0, 0.1) is 0 Å². The van der Waals surface area contributed by atoms with Crippen molar-refractivity contribution in [3.05, 3.63) is 77.7 Å². The molecule has 1 aromatic heterocycles. The molecule has 0 aliphatic heterocycles. The van der Waals surface area contributed by atoms with Gasteiger partial charge in [0.25, 0.3) is 0 Å². The maximum atomic E-state index is 2.28. The SMILES string of the molecule is c1ccc(-c2ccc[se+]c2-c2ccccc2)cc1. The van der Waals surface area contributed by atoms with E-state index >= 15 is 0 Å². The van der Waals surface area contributed by atoms with Crippen LogP contribution in [0.3, 0.4) is 0 Å². The van der Waals surface area contributed by atoms with Gasteiger partial charge < -0.3 is 0 Å². The van der Waals surface area contributed by atoms with Gasteiger partial charge in [-0.3, -0.25) is 0 Å². The number of hydrogen-bond acceptors (Lipinski definition) is 0. The van der Waals surface area contributed by atoms with Crippen LogP contribution in [-0.2, 0) is 0 Å². The molecule has 0 N–H and O–H groups in total. The van der Waals surface area contributed by atoms with E-state index in [0.717, 1.165) is 0 Å². The van der Waals surface area contributed by atoms with Gasteiger partial charge in [0, 0.05) is 0 Å². The Hall–Kier alpha value is -1.69. The summed E-state index contributed by atoms with van der Waals surface area (Å²) in [5.74, 6) is 0. The van der Waals surface area contributed by atoms with Crippen molar-refractivity contribution in [2.24, 2.45) is 0 Å². The quantitative estimate of drug-likeness (QED) is 0.616.